The first-order valence-corrected chi connectivity index (χ1v) is 10.3. The average Bonchev–Trinajstić information content (AvgIpc) is 3.07. The lowest BCUT2D eigenvalue weighted by Gasteiger charge is -2.33. The SMILES string of the molecule is CS(=O)(=O)N1CCN(CCNC(=O)NCc2ccc3c(c2)OCO3)CC1. The summed E-state index contributed by atoms with van der Waals surface area (Å²) in [6.07, 6.45) is 1.23. The van der Waals surface area contributed by atoms with Gasteiger partial charge >= 0.3 is 6.03 Å². The number of carbonyl (C=O) groups is 1. The first-order valence-electron chi connectivity index (χ1n) is 8.49. The molecule has 26 heavy (non-hydrogen) atoms. The van der Waals surface area contributed by atoms with Crippen molar-refractivity contribution in [1.29, 1.82) is 0 Å². The average molecular weight is 384 g/mol. The van der Waals surface area contributed by atoms with Crippen LogP contribution in [0.1, 0.15) is 5.56 Å². The minimum absolute atomic E-state index is 0.227. The van der Waals surface area contributed by atoms with Gasteiger partial charge in [0.2, 0.25) is 16.8 Å². The number of carbonyl (C=O) groups excluding carboxylic acids is 1. The molecule has 0 radical (unpaired) electrons. The van der Waals surface area contributed by atoms with Crippen molar-refractivity contribution in [2.45, 2.75) is 6.54 Å². The maximum absolute atomic E-state index is 11.9. The van der Waals surface area contributed by atoms with Crippen molar-refractivity contribution in [3.63, 3.8) is 0 Å². The van der Waals surface area contributed by atoms with E-state index in [1.165, 1.54) is 10.6 Å². The molecule has 2 aliphatic rings. The van der Waals surface area contributed by atoms with E-state index in [2.05, 4.69) is 15.5 Å². The van der Waals surface area contributed by atoms with E-state index in [1.54, 1.807) is 0 Å². The van der Waals surface area contributed by atoms with Crippen molar-refractivity contribution in [3.05, 3.63) is 23.8 Å². The fraction of sp³-hybridized carbons (Fsp3) is 0.562. The van der Waals surface area contributed by atoms with Crippen LogP contribution in [-0.2, 0) is 16.6 Å². The molecule has 0 aliphatic carbocycles. The molecular weight excluding hydrogens is 360 g/mol. The van der Waals surface area contributed by atoms with Crippen LogP contribution >= 0.6 is 0 Å². The van der Waals surface area contributed by atoms with Crippen molar-refractivity contribution in [2.75, 3.05) is 52.3 Å². The number of piperazine rings is 1. The quantitative estimate of drug-likeness (QED) is 0.704. The molecule has 144 valence electrons. The summed E-state index contributed by atoms with van der Waals surface area (Å²) in [5, 5.41) is 5.62. The van der Waals surface area contributed by atoms with Gasteiger partial charge in [-0.2, -0.15) is 4.31 Å². The van der Waals surface area contributed by atoms with E-state index in [1.807, 2.05) is 18.2 Å². The number of ether oxygens (including phenoxy) is 2. The third kappa shape index (κ3) is 4.99. The van der Waals surface area contributed by atoms with Gasteiger partial charge in [-0.15, -0.1) is 0 Å². The van der Waals surface area contributed by atoms with Gasteiger partial charge in [0, 0.05) is 45.8 Å². The highest BCUT2D eigenvalue weighted by Crippen LogP contribution is 2.32. The Labute approximate surface area is 153 Å². The molecule has 2 N–H and O–H groups in total. The lowest BCUT2D eigenvalue weighted by molar-refractivity contribution is 0.174. The molecule has 1 saturated heterocycles. The number of sulfonamides is 1. The van der Waals surface area contributed by atoms with Crippen molar-refractivity contribution < 1.29 is 22.7 Å². The first-order chi connectivity index (χ1) is 12.4. The number of nitrogens with one attached hydrogen (secondary N) is 2. The molecule has 0 aromatic heterocycles. The summed E-state index contributed by atoms with van der Waals surface area (Å²) < 4.78 is 35.0. The summed E-state index contributed by atoms with van der Waals surface area (Å²) in [7, 11) is -3.11. The van der Waals surface area contributed by atoms with Gasteiger partial charge in [-0.3, -0.25) is 4.90 Å². The Hall–Kier alpha value is -2.04. The summed E-state index contributed by atoms with van der Waals surface area (Å²) in [5.74, 6) is 1.41. The van der Waals surface area contributed by atoms with Crippen molar-refractivity contribution in [3.8, 4) is 11.5 Å². The molecule has 0 saturated carbocycles. The molecule has 0 atom stereocenters. The molecule has 0 spiro atoms. The molecule has 2 heterocycles. The second-order valence-electron chi connectivity index (χ2n) is 6.30. The van der Waals surface area contributed by atoms with E-state index < -0.39 is 10.0 Å². The number of rotatable bonds is 6. The second kappa shape index (κ2) is 8.11. The van der Waals surface area contributed by atoms with E-state index in [0.29, 0.717) is 57.3 Å². The molecule has 2 amide bonds. The number of hydrogen-bond acceptors (Lipinski definition) is 6. The Balaban J connectivity index is 1.32. The minimum Gasteiger partial charge on any atom is -0.454 e. The van der Waals surface area contributed by atoms with Crippen molar-refractivity contribution >= 4 is 16.1 Å². The summed E-state index contributed by atoms with van der Waals surface area (Å²) in [5.41, 5.74) is 0.932. The fourth-order valence-corrected chi connectivity index (χ4v) is 3.73. The second-order valence-corrected chi connectivity index (χ2v) is 8.28. The van der Waals surface area contributed by atoms with Crippen molar-refractivity contribution in [2.24, 2.45) is 0 Å². The van der Waals surface area contributed by atoms with Crippen LogP contribution in [0.2, 0.25) is 0 Å². The normalized spacial score (nSPS) is 17.9. The molecule has 0 bridgehead atoms. The third-order valence-corrected chi connectivity index (χ3v) is 5.71. The summed E-state index contributed by atoms with van der Waals surface area (Å²) in [6.45, 7) is 4.16. The van der Waals surface area contributed by atoms with Gasteiger partial charge in [-0.05, 0) is 17.7 Å². The molecular formula is C16H24N4O5S. The van der Waals surface area contributed by atoms with Gasteiger partial charge in [0.25, 0.3) is 0 Å². The van der Waals surface area contributed by atoms with Crippen LogP contribution < -0.4 is 20.1 Å². The van der Waals surface area contributed by atoms with E-state index in [0.717, 1.165) is 5.56 Å². The van der Waals surface area contributed by atoms with Gasteiger partial charge in [0.15, 0.2) is 11.5 Å². The zero-order valence-corrected chi connectivity index (χ0v) is 15.5. The fourth-order valence-electron chi connectivity index (χ4n) is 2.91. The summed E-state index contributed by atoms with van der Waals surface area (Å²) >= 11 is 0. The third-order valence-electron chi connectivity index (χ3n) is 4.40. The maximum Gasteiger partial charge on any atom is 0.315 e. The number of nitrogens with zero attached hydrogens (tertiary/aromatic N) is 2. The molecule has 1 aromatic carbocycles. The van der Waals surface area contributed by atoms with E-state index in [9.17, 15) is 13.2 Å². The topological polar surface area (TPSA) is 100 Å². The maximum atomic E-state index is 11.9. The molecule has 1 fully saturated rings. The van der Waals surface area contributed by atoms with Gasteiger partial charge in [-0.25, -0.2) is 13.2 Å². The van der Waals surface area contributed by atoms with E-state index in [4.69, 9.17) is 9.47 Å². The van der Waals surface area contributed by atoms with E-state index in [-0.39, 0.29) is 12.8 Å². The van der Waals surface area contributed by atoms with Crippen LogP contribution in [0.5, 0.6) is 11.5 Å². The first kappa shape index (κ1) is 18.7. The van der Waals surface area contributed by atoms with Crippen LogP contribution in [0.4, 0.5) is 4.79 Å². The number of fused-ring (bicyclic) bond motifs is 1. The highest BCUT2D eigenvalue weighted by atomic mass is 32.2. The lowest BCUT2D eigenvalue weighted by Crippen LogP contribution is -2.50. The van der Waals surface area contributed by atoms with Gasteiger partial charge < -0.3 is 20.1 Å². The standard InChI is InChI=1S/C16H24N4O5S/c1-26(22,23)20-8-6-19(7-9-20)5-4-17-16(21)18-11-13-2-3-14-15(10-13)25-12-24-14/h2-3,10H,4-9,11-12H2,1H3,(H2,17,18,21). The highest BCUT2D eigenvalue weighted by molar-refractivity contribution is 7.88. The molecule has 1 aromatic rings. The summed E-state index contributed by atoms with van der Waals surface area (Å²) in [6, 6.07) is 5.32. The Kier molecular flexibility index (Phi) is 5.84. The zero-order valence-electron chi connectivity index (χ0n) is 14.7. The van der Waals surface area contributed by atoms with Gasteiger partial charge in [0.05, 0.1) is 6.26 Å². The molecule has 9 nitrogen and oxygen atoms in total. The van der Waals surface area contributed by atoms with E-state index >= 15 is 0 Å². The Morgan fingerprint density at radius 3 is 2.58 bits per heavy atom. The van der Waals surface area contributed by atoms with Crippen LogP contribution in [0, 0.1) is 0 Å². The monoisotopic (exact) mass is 384 g/mol. The smallest absolute Gasteiger partial charge is 0.315 e. The predicted octanol–water partition coefficient (Wildman–Crippen LogP) is -0.208. The zero-order chi connectivity index (χ0) is 18.6. The number of hydrogen-bond donors (Lipinski definition) is 2. The Morgan fingerprint density at radius 1 is 1.12 bits per heavy atom. The Bertz CT molecular complexity index is 747. The largest absolute Gasteiger partial charge is 0.454 e. The number of urea groups is 1. The highest BCUT2D eigenvalue weighted by Gasteiger charge is 2.22. The van der Waals surface area contributed by atoms with Crippen LogP contribution in [0.3, 0.4) is 0 Å². The minimum atomic E-state index is -3.11. The lowest BCUT2D eigenvalue weighted by atomic mass is 10.2. The van der Waals surface area contributed by atoms with Gasteiger partial charge in [0.1, 0.15) is 0 Å². The Morgan fingerprint density at radius 2 is 1.85 bits per heavy atom. The van der Waals surface area contributed by atoms with Crippen LogP contribution in [0.15, 0.2) is 18.2 Å². The van der Waals surface area contributed by atoms with Gasteiger partial charge in [-0.1, -0.05) is 6.07 Å². The summed E-state index contributed by atoms with van der Waals surface area (Å²) in [4.78, 5) is 14.0. The number of amides is 2. The van der Waals surface area contributed by atoms with Crippen LogP contribution in [-0.4, -0.2) is 76.0 Å². The predicted molar refractivity (Wildman–Crippen MR) is 95.7 cm³/mol. The molecule has 0 unspecified atom stereocenters. The van der Waals surface area contributed by atoms with Crippen molar-refractivity contribution in [1.82, 2.24) is 19.8 Å². The molecule has 3 rings (SSSR count). The number of benzene rings is 1. The van der Waals surface area contributed by atoms with Crippen LogP contribution in [0.25, 0.3) is 0 Å². The molecule has 2 aliphatic heterocycles. The molecule has 10 heteroatoms.